The third-order valence-electron chi connectivity index (χ3n) is 2.55. The first kappa shape index (κ1) is 14.9. The number of halogens is 1. The summed E-state index contributed by atoms with van der Waals surface area (Å²) in [5, 5.41) is 19.4. The maximum Gasteiger partial charge on any atom is 0.203 e. The summed E-state index contributed by atoms with van der Waals surface area (Å²) < 4.78 is 15.5. The average molecular weight is 277 g/mol. The Bertz CT molecular complexity index is 371. The molecule has 102 valence electrons. The number of aliphatic hydroxyl groups excluding tert-OH is 2. The highest BCUT2D eigenvalue weighted by Crippen LogP contribution is 2.40. The van der Waals surface area contributed by atoms with Crippen molar-refractivity contribution in [2.24, 2.45) is 0 Å². The summed E-state index contributed by atoms with van der Waals surface area (Å²) in [4.78, 5) is 0. The zero-order valence-electron chi connectivity index (χ0n) is 10.5. The van der Waals surface area contributed by atoms with E-state index >= 15 is 0 Å². The van der Waals surface area contributed by atoms with Crippen LogP contribution < -0.4 is 14.2 Å². The van der Waals surface area contributed by atoms with E-state index in [-0.39, 0.29) is 5.88 Å². The maximum atomic E-state index is 9.91. The molecule has 0 bridgehead atoms. The summed E-state index contributed by atoms with van der Waals surface area (Å²) in [5.41, 5.74) is 0.442. The van der Waals surface area contributed by atoms with Gasteiger partial charge in [0.25, 0.3) is 0 Å². The lowest BCUT2D eigenvalue weighted by atomic mass is 10.0. The zero-order chi connectivity index (χ0) is 13.7. The average Bonchev–Trinajstić information content (AvgIpc) is 2.43. The summed E-state index contributed by atoms with van der Waals surface area (Å²) in [6, 6.07) is 3.14. The van der Waals surface area contributed by atoms with Gasteiger partial charge in [-0.1, -0.05) is 0 Å². The van der Waals surface area contributed by atoms with Crippen LogP contribution in [0.5, 0.6) is 17.2 Å². The van der Waals surface area contributed by atoms with Gasteiger partial charge in [0.1, 0.15) is 6.10 Å². The Hall–Kier alpha value is -1.17. The van der Waals surface area contributed by atoms with Gasteiger partial charge >= 0.3 is 0 Å². The summed E-state index contributed by atoms with van der Waals surface area (Å²) in [5.74, 6) is 1.18. The van der Waals surface area contributed by atoms with Crippen LogP contribution in [0.15, 0.2) is 12.1 Å². The highest BCUT2D eigenvalue weighted by Gasteiger charge is 2.22. The molecule has 6 heteroatoms. The molecule has 2 atom stereocenters. The van der Waals surface area contributed by atoms with Crippen LogP contribution in [-0.2, 0) is 0 Å². The Balaban J connectivity index is 3.22. The van der Waals surface area contributed by atoms with Crippen LogP contribution in [-0.4, -0.2) is 43.5 Å². The van der Waals surface area contributed by atoms with E-state index in [2.05, 4.69) is 0 Å². The lowest BCUT2D eigenvalue weighted by Crippen LogP contribution is -2.19. The van der Waals surface area contributed by atoms with E-state index in [9.17, 15) is 10.2 Å². The molecule has 1 aromatic rings. The molecule has 0 aliphatic carbocycles. The summed E-state index contributed by atoms with van der Waals surface area (Å²) in [6.07, 6.45) is -2.18. The Morgan fingerprint density at radius 2 is 1.56 bits per heavy atom. The van der Waals surface area contributed by atoms with Gasteiger partial charge in [0.15, 0.2) is 11.5 Å². The molecule has 1 aromatic carbocycles. The molecule has 5 nitrogen and oxygen atoms in total. The molecule has 2 N–H and O–H groups in total. The quantitative estimate of drug-likeness (QED) is 0.768. The second-order valence-corrected chi connectivity index (χ2v) is 3.93. The largest absolute Gasteiger partial charge is 0.493 e. The Labute approximate surface area is 111 Å². The van der Waals surface area contributed by atoms with Crippen molar-refractivity contribution < 1.29 is 24.4 Å². The second kappa shape index (κ2) is 6.68. The number of rotatable bonds is 6. The maximum absolute atomic E-state index is 9.91. The van der Waals surface area contributed by atoms with Gasteiger partial charge in [0, 0.05) is 0 Å². The van der Waals surface area contributed by atoms with Crippen LogP contribution in [0.2, 0.25) is 0 Å². The van der Waals surface area contributed by atoms with Gasteiger partial charge < -0.3 is 24.4 Å². The molecule has 0 fully saturated rings. The first-order valence-corrected chi connectivity index (χ1v) is 5.84. The summed E-state index contributed by atoms with van der Waals surface area (Å²) >= 11 is 5.51. The molecule has 0 spiro atoms. The second-order valence-electron chi connectivity index (χ2n) is 3.63. The predicted molar refractivity (Wildman–Crippen MR) is 67.8 cm³/mol. The normalized spacial score (nSPS) is 13.9. The molecular weight excluding hydrogens is 260 g/mol. The molecule has 0 aliphatic heterocycles. The minimum atomic E-state index is -1.11. The van der Waals surface area contributed by atoms with Crippen LogP contribution in [0.4, 0.5) is 0 Å². The smallest absolute Gasteiger partial charge is 0.203 e. The molecule has 18 heavy (non-hydrogen) atoms. The fraction of sp³-hybridized carbons (Fsp3) is 0.500. The van der Waals surface area contributed by atoms with E-state index in [1.807, 2.05) is 0 Å². The van der Waals surface area contributed by atoms with Crippen molar-refractivity contribution in [1.29, 1.82) is 0 Å². The van der Waals surface area contributed by atoms with E-state index in [1.54, 1.807) is 12.1 Å². The van der Waals surface area contributed by atoms with E-state index in [0.29, 0.717) is 22.8 Å². The zero-order valence-corrected chi connectivity index (χ0v) is 11.3. The van der Waals surface area contributed by atoms with Crippen LogP contribution >= 0.6 is 11.6 Å². The molecule has 0 saturated heterocycles. The number of methoxy groups -OCH3 is 3. The minimum Gasteiger partial charge on any atom is -0.493 e. The first-order chi connectivity index (χ1) is 8.58. The molecular formula is C12H17ClO5. The third kappa shape index (κ3) is 2.98. The van der Waals surface area contributed by atoms with Gasteiger partial charge in [-0.2, -0.15) is 0 Å². The molecule has 1 rings (SSSR count). The highest BCUT2D eigenvalue weighted by molar-refractivity contribution is 6.18. The van der Waals surface area contributed by atoms with E-state index in [4.69, 9.17) is 25.8 Å². The molecule has 0 amide bonds. The predicted octanol–water partition coefficient (Wildman–Crippen LogP) is 1.35. The Morgan fingerprint density at radius 3 is 1.89 bits per heavy atom. The Kier molecular flexibility index (Phi) is 5.53. The standard InChI is InChI=1S/C12H17ClO5/c1-16-9-4-7(11(15)8(14)6-13)5-10(17-2)12(9)18-3/h4-5,8,11,14-15H,6H2,1-3H3. The lowest BCUT2D eigenvalue weighted by Gasteiger charge is -2.19. The highest BCUT2D eigenvalue weighted by atomic mass is 35.5. The Morgan fingerprint density at radius 1 is 1.06 bits per heavy atom. The summed E-state index contributed by atoms with van der Waals surface area (Å²) in [7, 11) is 4.45. The van der Waals surface area contributed by atoms with Crippen LogP contribution in [0.1, 0.15) is 11.7 Å². The van der Waals surface area contributed by atoms with E-state index < -0.39 is 12.2 Å². The number of ether oxygens (including phenoxy) is 3. The summed E-state index contributed by atoms with van der Waals surface area (Å²) in [6.45, 7) is 0. The molecule has 0 saturated carbocycles. The number of hydrogen-bond acceptors (Lipinski definition) is 5. The van der Waals surface area contributed by atoms with Gasteiger partial charge in [-0.3, -0.25) is 0 Å². The van der Waals surface area contributed by atoms with Crippen LogP contribution in [0.25, 0.3) is 0 Å². The number of alkyl halides is 1. The van der Waals surface area contributed by atoms with Gasteiger partial charge in [-0.25, -0.2) is 0 Å². The van der Waals surface area contributed by atoms with Crippen molar-refractivity contribution in [3.05, 3.63) is 17.7 Å². The molecule has 0 radical (unpaired) electrons. The molecule has 2 unspecified atom stereocenters. The number of hydrogen-bond donors (Lipinski definition) is 2. The van der Waals surface area contributed by atoms with Crippen molar-refractivity contribution in [2.45, 2.75) is 12.2 Å². The third-order valence-corrected chi connectivity index (χ3v) is 2.87. The van der Waals surface area contributed by atoms with Crippen molar-refractivity contribution in [3.8, 4) is 17.2 Å². The van der Waals surface area contributed by atoms with Crippen molar-refractivity contribution in [3.63, 3.8) is 0 Å². The van der Waals surface area contributed by atoms with Crippen LogP contribution in [0.3, 0.4) is 0 Å². The van der Waals surface area contributed by atoms with E-state index in [0.717, 1.165) is 0 Å². The van der Waals surface area contributed by atoms with Crippen molar-refractivity contribution in [1.82, 2.24) is 0 Å². The SMILES string of the molecule is COc1cc(C(O)C(O)CCl)cc(OC)c1OC. The van der Waals surface area contributed by atoms with Crippen molar-refractivity contribution in [2.75, 3.05) is 27.2 Å². The topological polar surface area (TPSA) is 68.2 Å². The monoisotopic (exact) mass is 276 g/mol. The first-order valence-electron chi connectivity index (χ1n) is 5.31. The minimum absolute atomic E-state index is 0.0716. The van der Waals surface area contributed by atoms with Gasteiger partial charge in [0.2, 0.25) is 5.75 Å². The molecule has 0 heterocycles. The lowest BCUT2D eigenvalue weighted by molar-refractivity contribution is 0.0324. The molecule has 0 aromatic heterocycles. The number of aliphatic hydroxyl groups is 2. The fourth-order valence-electron chi connectivity index (χ4n) is 1.58. The van der Waals surface area contributed by atoms with E-state index in [1.165, 1.54) is 21.3 Å². The van der Waals surface area contributed by atoms with Crippen molar-refractivity contribution >= 4 is 11.6 Å². The van der Waals surface area contributed by atoms with Gasteiger partial charge in [-0.15, -0.1) is 11.6 Å². The number of benzene rings is 1. The molecule has 0 aliphatic rings. The van der Waals surface area contributed by atoms with Crippen LogP contribution in [0, 0.1) is 0 Å². The van der Waals surface area contributed by atoms with Gasteiger partial charge in [-0.05, 0) is 17.7 Å². The van der Waals surface area contributed by atoms with Gasteiger partial charge in [0.05, 0.1) is 33.3 Å². The fourth-order valence-corrected chi connectivity index (χ4v) is 1.75.